The molecule has 0 aromatic carbocycles. The number of esters is 1. The molecule has 120 valence electrons. The van der Waals surface area contributed by atoms with Crippen molar-refractivity contribution in [3.63, 3.8) is 0 Å². The highest BCUT2D eigenvalue weighted by Gasteiger charge is 2.18. The standard InChI is InChI=1S/C16H13N5O3/c1-24-14(22)10-12-16(23)21(13-7-3-5-9-18-13)15(20-19-12)11-6-2-4-8-17-11/h2-9H,10H2,1H3. The van der Waals surface area contributed by atoms with Gasteiger partial charge in [-0.1, -0.05) is 12.1 Å². The minimum Gasteiger partial charge on any atom is -0.469 e. The van der Waals surface area contributed by atoms with Gasteiger partial charge in [-0.3, -0.25) is 14.6 Å². The van der Waals surface area contributed by atoms with Crippen molar-refractivity contribution in [2.45, 2.75) is 6.42 Å². The van der Waals surface area contributed by atoms with Crippen LogP contribution in [0.15, 0.2) is 53.6 Å². The molecule has 3 heterocycles. The van der Waals surface area contributed by atoms with Crippen LogP contribution in [-0.4, -0.2) is 37.8 Å². The molecule has 0 radical (unpaired) electrons. The van der Waals surface area contributed by atoms with Crippen LogP contribution in [0.2, 0.25) is 0 Å². The number of aromatic nitrogens is 5. The minimum absolute atomic E-state index is 0.0211. The molecule has 0 N–H and O–H groups in total. The largest absolute Gasteiger partial charge is 0.469 e. The zero-order valence-electron chi connectivity index (χ0n) is 12.8. The molecule has 0 amide bonds. The van der Waals surface area contributed by atoms with Gasteiger partial charge in [0.05, 0.1) is 13.5 Å². The van der Waals surface area contributed by atoms with Gasteiger partial charge in [0.2, 0.25) is 0 Å². The average molecular weight is 323 g/mol. The Morgan fingerprint density at radius 1 is 1.08 bits per heavy atom. The summed E-state index contributed by atoms with van der Waals surface area (Å²) in [7, 11) is 1.25. The predicted octanol–water partition coefficient (Wildman–Crippen LogP) is 0.800. The molecule has 8 heteroatoms. The Morgan fingerprint density at radius 3 is 2.46 bits per heavy atom. The second kappa shape index (κ2) is 6.78. The van der Waals surface area contributed by atoms with Crippen LogP contribution in [0.25, 0.3) is 17.3 Å². The van der Waals surface area contributed by atoms with Gasteiger partial charge in [-0.2, -0.15) is 0 Å². The second-order valence-corrected chi connectivity index (χ2v) is 4.77. The smallest absolute Gasteiger partial charge is 0.311 e. The third kappa shape index (κ3) is 3.02. The van der Waals surface area contributed by atoms with Gasteiger partial charge in [-0.15, -0.1) is 10.2 Å². The third-order valence-corrected chi connectivity index (χ3v) is 3.24. The maximum Gasteiger partial charge on any atom is 0.311 e. The summed E-state index contributed by atoms with van der Waals surface area (Å²) in [4.78, 5) is 32.7. The van der Waals surface area contributed by atoms with Gasteiger partial charge >= 0.3 is 5.97 Å². The van der Waals surface area contributed by atoms with Crippen molar-refractivity contribution < 1.29 is 9.53 Å². The highest BCUT2D eigenvalue weighted by atomic mass is 16.5. The first-order chi connectivity index (χ1) is 11.7. The van der Waals surface area contributed by atoms with E-state index in [-0.39, 0.29) is 17.9 Å². The van der Waals surface area contributed by atoms with Crippen molar-refractivity contribution in [2.75, 3.05) is 7.11 Å². The van der Waals surface area contributed by atoms with E-state index in [0.717, 1.165) is 0 Å². The predicted molar refractivity (Wildman–Crippen MR) is 84.4 cm³/mol. The minimum atomic E-state index is -0.570. The van der Waals surface area contributed by atoms with Crippen LogP contribution in [0.4, 0.5) is 0 Å². The molecule has 0 saturated carbocycles. The highest BCUT2D eigenvalue weighted by molar-refractivity contribution is 5.71. The number of carbonyl (C=O) groups excluding carboxylic acids is 1. The van der Waals surface area contributed by atoms with Gasteiger partial charge in [0.25, 0.3) is 5.56 Å². The van der Waals surface area contributed by atoms with E-state index in [1.165, 1.54) is 11.7 Å². The van der Waals surface area contributed by atoms with Crippen LogP contribution in [0.1, 0.15) is 5.69 Å². The van der Waals surface area contributed by atoms with Gasteiger partial charge in [0.15, 0.2) is 5.82 Å². The normalized spacial score (nSPS) is 10.4. The molecular weight excluding hydrogens is 310 g/mol. The first kappa shape index (κ1) is 15.5. The maximum absolute atomic E-state index is 12.8. The highest BCUT2D eigenvalue weighted by Crippen LogP contribution is 2.14. The molecule has 0 aliphatic rings. The molecule has 0 atom stereocenters. The fourth-order valence-corrected chi connectivity index (χ4v) is 2.10. The maximum atomic E-state index is 12.8. The quantitative estimate of drug-likeness (QED) is 0.655. The lowest BCUT2D eigenvalue weighted by Crippen LogP contribution is -2.29. The lowest BCUT2D eigenvalue weighted by atomic mass is 10.3. The number of hydrogen-bond donors (Lipinski definition) is 0. The fraction of sp³-hybridized carbons (Fsp3) is 0.125. The molecule has 3 rings (SSSR count). The Balaban J connectivity index is 2.22. The monoisotopic (exact) mass is 323 g/mol. The Hall–Kier alpha value is -3.42. The van der Waals surface area contributed by atoms with Crippen molar-refractivity contribution in [1.29, 1.82) is 0 Å². The second-order valence-electron chi connectivity index (χ2n) is 4.77. The molecule has 0 fully saturated rings. The van der Waals surface area contributed by atoms with Crippen LogP contribution >= 0.6 is 0 Å². The Labute approximate surface area is 136 Å². The number of carbonyl (C=O) groups is 1. The lowest BCUT2D eigenvalue weighted by molar-refractivity contribution is -0.139. The van der Waals surface area contributed by atoms with Gasteiger partial charge in [0, 0.05) is 12.4 Å². The summed E-state index contributed by atoms with van der Waals surface area (Å²) in [5.41, 5.74) is -0.0423. The summed E-state index contributed by atoms with van der Waals surface area (Å²) < 4.78 is 5.87. The number of nitrogens with zero attached hydrogens (tertiary/aromatic N) is 5. The first-order valence-electron chi connectivity index (χ1n) is 7.09. The zero-order valence-corrected chi connectivity index (χ0v) is 12.8. The molecule has 24 heavy (non-hydrogen) atoms. The Kier molecular flexibility index (Phi) is 4.37. The van der Waals surface area contributed by atoms with Crippen LogP contribution in [0.3, 0.4) is 0 Å². The van der Waals surface area contributed by atoms with E-state index in [9.17, 15) is 9.59 Å². The van der Waals surface area contributed by atoms with Crippen molar-refractivity contribution in [2.24, 2.45) is 0 Å². The summed E-state index contributed by atoms with van der Waals surface area (Å²) in [6.07, 6.45) is 2.88. The zero-order chi connectivity index (χ0) is 16.9. The number of ether oxygens (including phenoxy) is 1. The molecule has 0 unspecified atom stereocenters. The molecule has 8 nitrogen and oxygen atoms in total. The summed E-state index contributed by atoms with van der Waals surface area (Å²) in [5.74, 6) is 0.0386. The van der Waals surface area contributed by atoms with E-state index in [1.54, 1.807) is 48.8 Å². The van der Waals surface area contributed by atoms with E-state index in [1.807, 2.05) is 0 Å². The molecule has 3 aromatic rings. The number of methoxy groups -OCH3 is 1. The summed E-state index contributed by atoms with van der Waals surface area (Å²) in [5, 5.41) is 7.95. The SMILES string of the molecule is COC(=O)Cc1nnc(-c2ccccn2)n(-c2ccccn2)c1=O. The first-order valence-corrected chi connectivity index (χ1v) is 7.09. The van der Waals surface area contributed by atoms with Crippen molar-refractivity contribution in [3.05, 3.63) is 64.8 Å². The third-order valence-electron chi connectivity index (χ3n) is 3.24. The molecular formula is C16H13N5O3. The molecule has 0 bridgehead atoms. The van der Waals surface area contributed by atoms with Gasteiger partial charge < -0.3 is 4.74 Å². The molecule has 3 aromatic heterocycles. The number of pyridine rings is 2. The molecule has 0 spiro atoms. The number of hydrogen-bond acceptors (Lipinski definition) is 7. The fourth-order valence-electron chi connectivity index (χ4n) is 2.10. The summed E-state index contributed by atoms with van der Waals surface area (Å²) in [6.45, 7) is 0. The average Bonchev–Trinajstić information content (AvgIpc) is 2.64. The van der Waals surface area contributed by atoms with E-state index in [2.05, 4.69) is 24.9 Å². The van der Waals surface area contributed by atoms with Crippen molar-refractivity contribution in [1.82, 2.24) is 24.7 Å². The van der Waals surface area contributed by atoms with Crippen LogP contribution in [-0.2, 0) is 16.0 Å². The Morgan fingerprint density at radius 2 is 1.83 bits per heavy atom. The van der Waals surface area contributed by atoms with Gasteiger partial charge in [-0.05, 0) is 24.3 Å². The molecule has 0 aliphatic heterocycles. The lowest BCUT2D eigenvalue weighted by Gasteiger charge is -2.11. The summed E-state index contributed by atoms with van der Waals surface area (Å²) in [6, 6.07) is 10.4. The van der Waals surface area contributed by atoms with Crippen molar-refractivity contribution in [3.8, 4) is 17.3 Å². The molecule has 0 saturated heterocycles. The van der Waals surface area contributed by atoms with E-state index >= 15 is 0 Å². The van der Waals surface area contributed by atoms with E-state index in [0.29, 0.717) is 11.5 Å². The summed E-state index contributed by atoms with van der Waals surface area (Å²) >= 11 is 0. The van der Waals surface area contributed by atoms with Crippen molar-refractivity contribution >= 4 is 5.97 Å². The topological polar surface area (TPSA) is 99.9 Å². The van der Waals surface area contributed by atoms with Gasteiger partial charge in [0.1, 0.15) is 17.2 Å². The molecule has 0 aliphatic carbocycles. The van der Waals surface area contributed by atoms with Crippen LogP contribution in [0.5, 0.6) is 0 Å². The van der Waals surface area contributed by atoms with E-state index in [4.69, 9.17) is 0 Å². The van der Waals surface area contributed by atoms with Crippen LogP contribution < -0.4 is 5.56 Å². The van der Waals surface area contributed by atoms with Crippen LogP contribution in [0, 0.1) is 0 Å². The number of rotatable bonds is 4. The van der Waals surface area contributed by atoms with Gasteiger partial charge in [-0.25, -0.2) is 9.55 Å². The van der Waals surface area contributed by atoms with E-state index < -0.39 is 11.5 Å². The Bertz CT molecular complexity index is 910.